The molecule has 26 heavy (non-hydrogen) atoms. The predicted molar refractivity (Wildman–Crippen MR) is 101 cm³/mol. The molecule has 3 rings (SSSR count). The number of benzene rings is 2. The van der Waals surface area contributed by atoms with E-state index in [1.165, 1.54) is 4.90 Å². The Hall–Kier alpha value is -2.92. The molecule has 6 heteroatoms. The molecule has 0 bridgehead atoms. The van der Waals surface area contributed by atoms with Crippen molar-refractivity contribution in [2.75, 3.05) is 6.54 Å². The number of carboxylic acids is 1. The minimum absolute atomic E-state index is 0.0683. The molecule has 0 atom stereocenters. The SMILES string of the molecule is Cc1ccc(C2=N/C(=C/c3ccc(Cl)cc3)C(=O)N2CCC(=O)O)cc1. The van der Waals surface area contributed by atoms with Crippen molar-refractivity contribution in [3.05, 3.63) is 75.9 Å². The van der Waals surface area contributed by atoms with Crippen LogP contribution in [0, 0.1) is 6.92 Å². The third kappa shape index (κ3) is 4.00. The Kier molecular flexibility index (Phi) is 5.19. The molecule has 0 saturated carbocycles. The van der Waals surface area contributed by atoms with E-state index in [1.54, 1.807) is 30.3 Å². The first-order valence-electron chi connectivity index (χ1n) is 8.11. The van der Waals surface area contributed by atoms with Gasteiger partial charge in [0.1, 0.15) is 11.5 Å². The zero-order chi connectivity index (χ0) is 18.7. The highest BCUT2D eigenvalue weighted by molar-refractivity contribution is 6.30. The van der Waals surface area contributed by atoms with E-state index in [1.807, 2.05) is 31.2 Å². The fourth-order valence-corrected chi connectivity index (χ4v) is 2.73. The number of carbonyl (C=O) groups excluding carboxylic acids is 1. The second kappa shape index (κ2) is 7.54. The van der Waals surface area contributed by atoms with E-state index in [9.17, 15) is 9.59 Å². The summed E-state index contributed by atoms with van der Waals surface area (Å²) in [6.07, 6.45) is 1.53. The summed E-state index contributed by atoms with van der Waals surface area (Å²) in [6.45, 7) is 2.04. The largest absolute Gasteiger partial charge is 0.481 e. The van der Waals surface area contributed by atoms with Crippen molar-refractivity contribution in [2.45, 2.75) is 13.3 Å². The molecule has 1 amide bonds. The number of rotatable bonds is 5. The average molecular weight is 369 g/mol. The lowest BCUT2D eigenvalue weighted by Crippen LogP contribution is -2.34. The number of carboxylic acid groups (broad SMARTS) is 1. The molecule has 0 aromatic heterocycles. The van der Waals surface area contributed by atoms with Crippen molar-refractivity contribution in [2.24, 2.45) is 4.99 Å². The molecular formula is C20H17ClN2O3. The lowest BCUT2D eigenvalue weighted by atomic mass is 10.1. The molecule has 1 heterocycles. The van der Waals surface area contributed by atoms with Crippen LogP contribution in [0.15, 0.2) is 59.2 Å². The molecule has 1 aliphatic heterocycles. The van der Waals surface area contributed by atoms with E-state index in [4.69, 9.17) is 16.7 Å². The molecule has 0 fully saturated rings. The third-order valence-corrected chi connectivity index (χ3v) is 4.23. The number of carbonyl (C=O) groups is 2. The number of aliphatic imine (C=N–C) groups is 1. The van der Waals surface area contributed by atoms with Gasteiger partial charge in [-0.15, -0.1) is 0 Å². The summed E-state index contributed by atoms with van der Waals surface area (Å²) in [6, 6.07) is 14.7. The van der Waals surface area contributed by atoms with Gasteiger partial charge in [0.15, 0.2) is 0 Å². The summed E-state index contributed by atoms with van der Waals surface area (Å²) in [4.78, 5) is 29.6. The van der Waals surface area contributed by atoms with Crippen molar-refractivity contribution < 1.29 is 14.7 Å². The maximum atomic E-state index is 12.8. The quantitative estimate of drug-likeness (QED) is 0.817. The van der Waals surface area contributed by atoms with Crippen LogP contribution in [0.2, 0.25) is 5.02 Å². The molecular weight excluding hydrogens is 352 g/mol. The molecule has 5 nitrogen and oxygen atoms in total. The van der Waals surface area contributed by atoms with Crippen LogP contribution in [0.3, 0.4) is 0 Å². The van der Waals surface area contributed by atoms with Crippen LogP contribution in [0.25, 0.3) is 6.08 Å². The van der Waals surface area contributed by atoms with E-state index in [2.05, 4.69) is 4.99 Å². The smallest absolute Gasteiger partial charge is 0.305 e. The van der Waals surface area contributed by atoms with Crippen molar-refractivity contribution >= 4 is 35.4 Å². The first-order chi connectivity index (χ1) is 12.4. The van der Waals surface area contributed by atoms with Gasteiger partial charge >= 0.3 is 5.97 Å². The van der Waals surface area contributed by atoms with Crippen molar-refractivity contribution in [1.82, 2.24) is 4.90 Å². The third-order valence-electron chi connectivity index (χ3n) is 3.98. The van der Waals surface area contributed by atoms with Crippen molar-refractivity contribution in [3.8, 4) is 0 Å². The molecule has 0 saturated heterocycles. The van der Waals surface area contributed by atoms with Crippen molar-refractivity contribution in [1.29, 1.82) is 0 Å². The van der Waals surface area contributed by atoms with Gasteiger partial charge in [0.2, 0.25) is 0 Å². The highest BCUT2D eigenvalue weighted by Crippen LogP contribution is 2.23. The molecule has 132 valence electrons. The van der Waals surface area contributed by atoms with Gasteiger partial charge in [0.25, 0.3) is 5.91 Å². The number of amides is 1. The van der Waals surface area contributed by atoms with Gasteiger partial charge in [-0.2, -0.15) is 0 Å². The Morgan fingerprint density at radius 2 is 1.81 bits per heavy atom. The van der Waals surface area contributed by atoms with E-state index in [0.29, 0.717) is 10.9 Å². The molecule has 2 aromatic carbocycles. The number of aliphatic carboxylic acids is 1. The Labute approximate surface area is 156 Å². The van der Waals surface area contributed by atoms with Crippen LogP contribution in [0.5, 0.6) is 0 Å². The van der Waals surface area contributed by atoms with Crippen LogP contribution >= 0.6 is 11.6 Å². The molecule has 0 unspecified atom stereocenters. The van der Waals surface area contributed by atoms with Crippen LogP contribution in [0.1, 0.15) is 23.1 Å². The number of halogens is 1. The van der Waals surface area contributed by atoms with Gasteiger partial charge in [-0.05, 0) is 30.7 Å². The van der Waals surface area contributed by atoms with Gasteiger partial charge in [-0.25, -0.2) is 4.99 Å². The Morgan fingerprint density at radius 1 is 1.15 bits per heavy atom. The minimum atomic E-state index is -0.962. The summed E-state index contributed by atoms with van der Waals surface area (Å²) < 4.78 is 0. The maximum Gasteiger partial charge on any atom is 0.305 e. The van der Waals surface area contributed by atoms with Crippen LogP contribution in [-0.4, -0.2) is 34.3 Å². The number of aryl methyl sites for hydroxylation is 1. The Balaban J connectivity index is 1.98. The number of amidine groups is 1. The monoisotopic (exact) mass is 368 g/mol. The number of hydrogen-bond acceptors (Lipinski definition) is 3. The highest BCUT2D eigenvalue weighted by atomic mass is 35.5. The minimum Gasteiger partial charge on any atom is -0.481 e. The van der Waals surface area contributed by atoms with Crippen LogP contribution in [-0.2, 0) is 9.59 Å². The lowest BCUT2D eigenvalue weighted by molar-refractivity contribution is -0.137. The van der Waals surface area contributed by atoms with E-state index in [0.717, 1.165) is 16.7 Å². The second-order valence-corrected chi connectivity index (χ2v) is 6.42. The zero-order valence-electron chi connectivity index (χ0n) is 14.1. The van der Waals surface area contributed by atoms with E-state index >= 15 is 0 Å². The first kappa shape index (κ1) is 17.9. The lowest BCUT2D eigenvalue weighted by Gasteiger charge is -2.17. The molecule has 2 aromatic rings. The molecule has 0 spiro atoms. The van der Waals surface area contributed by atoms with Gasteiger partial charge in [-0.3, -0.25) is 14.5 Å². The topological polar surface area (TPSA) is 70.0 Å². The van der Waals surface area contributed by atoms with Crippen LogP contribution in [0.4, 0.5) is 0 Å². The first-order valence-corrected chi connectivity index (χ1v) is 8.48. The summed E-state index contributed by atoms with van der Waals surface area (Å²) in [5, 5.41) is 9.58. The van der Waals surface area contributed by atoms with E-state index < -0.39 is 5.97 Å². The fraction of sp³-hybridized carbons (Fsp3) is 0.150. The van der Waals surface area contributed by atoms with Gasteiger partial charge in [0.05, 0.1) is 6.42 Å². The maximum absolute atomic E-state index is 12.8. The Morgan fingerprint density at radius 3 is 2.42 bits per heavy atom. The van der Waals surface area contributed by atoms with Gasteiger partial charge in [0, 0.05) is 17.1 Å². The zero-order valence-corrected chi connectivity index (χ0v) is 14.9. The average Bonchev–Trinajstić information content (AvgIpc) is 2.92. The number of nitrogens with zero attached hydrogens (tertiary/aromatic N) is 2. The molecule has 0 aliphatic carbocycles. The van der Waals surface area contributed by atoms with Gasteiger partial charge < -0.3 is 5.11 Å². The number of hydrogen-bond donors (Lipinski definition) is 1. The van der Waals surface area contributed by atoms with Crippen LogP contribution < -0.4 is 0 Å². The van der Waals surface area contributed by atoms with Gasteiger partial charge in [-0.1, -0.05) is 53.6 Å². The summed E-state index contributed by atoms with van der Waals surface area (Å²) in [5.41, 5.74) is 2.93. The fourth-order valence-electron chi connectivity index (χ4n) is 2.61. The molecule has 1 aliphatic rings. The van der Waals surface area contributed by atoms with Crippen molar-refractivity contribution in [3.63, 3.8) is 0 Å². The summed E-state index contributed by atoms with van der Waals surface area (Å²) in [7, 11) is 0. The van der Waals surface area contributed by atoms with E-state index in [-0.39, 0.29) is 24.6 Å². The predicted octanol–water partition coefficient (Wildman–Crippen LogP) is 3.75. The highest BCUT2D eigenvalue weighted by Gasteiger charge is 2.31. The second-order valence-electron chi connectivity index (χ2n) is 5.98. The molecule has 1 N–H and O–H groups in total. The molecule has 0 radical (unpaired) electrons. The summed E-state index contributed by atoms with van der Waals surface area (Å²) in [5.74, 6) is -0.801. The Bertz CT molecular complexity index is 900. The standard InChI is InChI=1S/C20H17ClN2O3/c1-13-2-6-15(7-3-13)19-22-17(12-14-4-8-16(21)9-5-14)20(26)23(19)11-10-18(24)25/h2-9,12H,10-11H2,1H3,(H,24,25)/b17-12+. The normalized spacial score (nSPS) is 15.5. The summed E-state index contributed by atoms with van der Waals surface area (Å²) >= 11 is 5.89.